The molecule has 1 aliphatic heterocycles. The third-order valence-electron chi connectivity index (χ3n) is 2.62. The number of rotatable bonds is 2. The van der Waals surface area contributed by atoms with E-state index in [-0.39, 0.29) is 11.9 Å². The van der Waals surface area contributed by atoms with Crippen molar-refractivity contribution in [3.63, 3.8) is 0 Å². The molecule has 6 heteroatoms. The minimum Gasteiger partial charge on any atom is -0.326 e. The highest BCUT2D eigenvalue weighted by Crippen LogP contribution is 2.03. The lowest BCUT2D eigenvalue weighted by atomic mass is 10.3. The predicted octanol–water partition coefficient (Wildman–Crippen LogP) is 1.32. The second-order valence-electron chi connectivity index (χ2n) is 4.18. The molecule has 100 valence electrons. The zero-order valence-electron chi connectivity index (χ0n) is 10.6. The lowest BCUT2D eigenvalue weighted by Gasteiger charge is -2.25. The third-order valence-corrected chi connectivity index (χ3v) is 2.62. The summed E-state index contributed by atoms with van der Waals surface area (Å²) in [5.74, 6) is 0.153. The van der Waals surface area contributed by atoms with E-state index in [0.29, 0.717) is 0 Å². The second-order valence-corrected chi connectivity index (χ2v) is 4.18. The fourth-order valence-electron chi connectivity index (χ4n) is 1.75. The molecule has 0 saturated carbocycles. The standard InChI is InChI=1S/C13H18N6/c14-12(16-11-7-3-1-4-8-11)17-13(15)18-19-9-5-2-6-10-19/h1-5,7-8H,6,9-10H2,(H5,14,15,16,17,18). The van der Waals surface area contributed by atoms with E-state index in [9.17, 15) is 0 Å². The van der Waals surface area contributed by atoms with Crippen molar-refractivity contribution in [1.82, 2.24) is 15.8 Å². The van der Waals surface area contributed by atoms with Gasteiger partial charge in [0, 0.05) is 18.8 Å². The van der Waals surface area contributed by atoms with Gasteiger partial charge in [-0.15, -0.1) is 0 Å². The Bertz CT molecular complexity index is 467. The SMILES string of the molecule is N=C(NC(=N)NN1CC=CCC1)Nc1ccccc1. The predicted molar refractivity (Wildman–Crippen MR) is 77.1 cm³/mol. The second kappa shape index (κ2) is 6.55. The molecule has 2 rings (SSSR count). The van der Waals surface area contributed by atoms with Crippen LogP contribution in [0.1, 0.15) is 6.42 Å². The van der Waals surface area contributed by atoms with Crippen molar-refractivity contribution in [3.05, 3.63) is 42.5 Å². The van der Waals surface area contributed by atoms with Crippen LogP contribution in [0.15, 0.2) is 42.5 Å². The average molecular weight is 258 g/mol. The average Bonchev–Trinajstić information content (AvgIpc) is 2.40. The van der Waals surface area contributed by atoms with Crippen molar-refractivity contribution in [2.75, 3.05) is 18.4 Å². The van der Waals surface area contributed by atoms with Crippen LogP contribution < -0.4 is 16.1 Å². The fraction of sp³-hybridized carbons (Fsp3) is 0.231. The zero-order valence-corrected chi connectivity index (χ0v) is 10.6. The van der Waals surface area contributed by atoms with Crippen molar-refractivity contribution < 1.29 is 0 Å². The number of hydrogen-bond acceptors (Lipinski definition) is 3. The summed E-state index contributed by atoms with van der Waals surface area (Å²) in [6, 6.07) is 9.42. The molecule has 0 atom stereocenters. The van der Waals surface area contributed by atoms with Gasteiger partial charge in [0.05, 0.1) is 0 Å². The monoisotopic (exact) mass is 258 g/mol. The van der Waals surface area contributed by atoms with Gasteiger partial charge in [-0.1, -0.05) is 30.4 Å². The maximum Gasteiger partial charge on any atom is 0.210 e. The van der Waals surface area contributed by atoms with Crippen LogP contribution in [-0.4, -0.2) is 30.0 Å². The topological polar surface area (TPSA) is 87.0 Å². The van der Waals surface area contributed by atoms with Gasteiger partial charge >= 0.3 is 0 Å². The number of nitrogens with one attached hydrogen (secondary N) is 5. The summed E-state index contributed by atoms with van der Waals surface area (Å²) >= 11 is 0. The van der Waals surface area contributed by atoms with Gasteiger partial charge in [-0.3, -0.25) is 21.6 Å². The summed E-state index contributed by atoms with van der Waals surface area (Å²) < 4.78 is 0. The number of anilines is 1. The van der Waals surface area contributed by atoms with Crippen LogP contribution in [0.2, 0.25) is 0 Å². The van der Waals surface area contributed by atoms with Gasteiger partial charge in [0.15, 0.2) is 5.96 Å². The number of hydrogen-bond donors (Lipinski definition) is 5. The van der Waals surface area contributed by atoms with Crippen molar-refractivity contribution in [3.8, 4) is 0 Å². The molecule has 0 spiro atoms. The molecule has 5 N–H and O–H groups in total. The minimum atomic E-state index is 0.0660. The maximum atomic E-state index is 7.75. The van der Waals surface area contributed by atoms with E-state index < -0.39 is 0 Å². The molecule has 0 bridgehead atoms. The Kier molecular flexibility index (Phi) is 4.52. The molecule has 0 unspecified atom stereocenters. The van der Waals surface area contributed by atoms with E-state index in [4.69, 9.17) is 10.8 Å². The number of guanidine groups is 2. The molecular formula is C13H18N6. The molecule has 1 heterocycles. The van der Waals surface area contributed by atoms with Crippen molar-refractivity contribution >= 4 is 17.6 Å². The first-order valence-corrected chi connectivity index (χ1v) is 6.17. The Labute approximate surface area is 112 Å². The normalized spacial score (nSPS) is 14.7. The maximum absolute atomic E-state index is 7.75. The summed E-state index contributed by atoms with van der Waals surface area (Å²) in [6.45, 7) is 1.63. The van der Waals surface area contributed by atoms with Gasteiger partial charge in [0.2, 0.25) is 5.96 Å². The minimum absolute atomic E-state index is 0.0660. The van der Waals surface area contributed by atoms with E-state index >= 15 is 0 Å². The zero-order chi connectivity index (χ0) is 13.5. The Hall–Kier alpha value is -2.34. The van der Waals surface area contributed by atoms with Crippen LogP contribution in [0.5, 0.6) is 0 Å². The van der Waals surface area contributed by atoms with Gasteiger partial charge in [-0.2, -0.15) is 0 Å². The first-order chi connectivity index (χ1) is 9.24. The van der Waals surface area contributed by atoms with Crippen molar-refractivity contribution in [2.24, 2.45) is 0 Å². The van der Waals surface area contributed by atoms with Crippen molar-refractivity contribution in [2.45, 2.75) is 6.42 Å². The molecule has 0 radical (unpaired) electrons. The molecule has 0 aromatic heterocycles. The Morgan fingerprint density at radius 2 is 1.84 bits per heavy atom. The quantitative estimate of drug-likeness (QED) is 0.314. The largest absolute Gasteiger partial charge is 0.326 e. The van der Waals surface area contributed by atoms with Gasteiger partial charge < -0.3 is 5.32 Å². The number of nitrogens with zero attached hydrogens (tertiary/aromatic N) is 1. The first kappa shape index (κ1) is 13.1. The van der Waals surface area contributed by atoms with Crippen LogP contribution in [0.3, 0.4) is 0 Å². The molecule has 19 heavy (non-hydrogen) atoms. The van der Waals surface area contributed by atoms with Crippen LogP contribution in [0.25, 0.3) is 0 Å². The van der Waals surface area contributed by atoms with E-state index in [1.165, 1.54) is 0 Å². The highest BCUT2D eigenvalue weighted by atomic mass is 15.5. The number of hydrazine groups is 1. The molecular weight excluding hydrogens is 240 g/mol. The number of benzene rings is 1. The molecule has 1 aromatic rings. The Morgan fingerprint density at radius 1 is 1.05 bits per heavy atom. The van der Waals surface area contributed by atoms with Crippen LogP contribution >= 0.6 is 0 Å². The highest BCUT2D eigenvalue weighted by molar-refractivity contribution is 6.02. The third kappa shape index (κ3) is 4.44. The van der Waals surface area contributed by atoms with E-state index in [2.05, 4.69) is 28.2 Å². The molecule has 6 nitrogen and oxygen atoms in total. The van der Waals surface area contributed by atoms with E-state index in [1.807, 2.05) is 35.3 Å². The fourth-order valence-corrected chi connectivity index (χ4v) is 1.75. The molecule has 0 saturated heterocycles. The van der Waals surface area contributed by atoms with Crippen molar-refractivity contribution in [1.29, 1.82) is 10.8 Å². The summed E-state index contributed by atoms with van der Waals surface area (Å²) in [5, 5.41) is 22.9. The van der Waals surface area contributed by atoms with Gasteiger partial charge in [-0.25, -0.2) is 5.01 Å². The summed E-state index contributed by atoms with van der Waals surface area (Å²) in [4.78, 5) is 0. The Morgan fingerprint density at radius 3 is 2.53 bits per heavy atom. The van der Waals surface area contributed by atoms with Crippen LogP contribution in [0.4, 0.5) is 5.69 Å². The van der Waals surface area contributed by atoms with Crippen LogP contribution in [0, 0.1) is 10.8 Å². The number of para-hydroxylation sites is 1. The van der Waals surface area contributed by atoms with Gasteiger partial charge in [-0.05, 0) is 18.6 Å². The van der Waals surface area contributed by atoms with Gasteiger partial charge in [0.1, 0.15) is 0 Å². The lowest BCUT2D eigenvalue weighted by molar-refractivity contribution is 0.255. The Balaban J connectivity index is 1.75. The lowest BCUT2D eigenvalue weighted by Crippen LogP contribution is -2.51. The van der Waals surface area contributed by atoms with E-state index in [1.54, 1.807) is 0 Å². The molecule has 0 aliphatic carbocycles. The summed E-state index contributed by atoms with van der Waals surface area (Å²) in [5.41, 5.74) is 3.72. The van der Waals surface area contributed by atoms with Crippen LogP contribution in [-0.2, 0) is 0 Å². The molecule has 1 aromatic carbocycles. The van der Waals surface area contributed by atoms with E-state index in [0.717, 1.165) is 25.2 Å². The summed E-state index contributed by atoms with van der Waals surface area (Å²) in [7, 11) is 0. The smallest absolute Gasteiger partial charge is 0.210 e. The molecule has 0 fully saturated rings. The molecule has 0 amide bonds. The summed E-state index contributed by atoms with van der Waals surface area (Å²) in [6.07, 6.45) is 5.14. The first-order valence-electron chi connectivity index (χ1n) is 6.17. The van der Waals surface area contributed by atoms with Gasteiger partial charge in [0.25, 0.3) is 0 Å². The molecule has 1 aliphatic rings. The highest BCUT2D eigenvalue weighted by Gasteiger charge is 2.08.